The molecule has 7 nitrogen and oxygen atoms in total. The number of rotatable bonds is 9. The number of carbonyl (C=O) groups is 2. The van der Waals surface area contributed by atoms with Crippen molar-refractivity contribution < 1.29 is 18.7 Å². The van der Waals surface area contributed by atoms with Crippen LogP contribution in [0.4, 0.5) is 5.69 Å². The van der Waals surface area contributed by atoms with Gasteiger partial charge in [-0.15, -0.1) is 11.3 Å². The molecule has 0 aliphatic heterocycles. The predicted molar refractivity (Wildman–Crippen MR) is 127 cm³/mol. The van der Waals surface area contributed by atoms with Gasteiger partial charge in [0.1, 0.15) is 16.5 Å². The Bertz CT molecular complexity index is 1230. The van der Waals surface area contributed by atoms with Gasteiger partial charge in [0.25, 0.3) is 5.91 Å². The summed E-state index contributed by atoms with van der Waals surface area (Å²) in [5.74, 6) is 0.858. The van der Waals surface area contributed by atoms with Crippen LogP contribution < -0.4 is 15.4 Å². The van der Waals surface area contributed by atoms with E-state index in [4.69, 9.17) is 9.15 Å². The second kappa shape index (κ2) is 10.6. The summed E-state index contributed by atoms with van der Waals surface area (Å²) in [6, 6.07) is 18.1. The molecule has 2 amide bonds. The summed E-state index contributed by atoms with van der Waals surface area (Å²) < 4.78 is 10.9. The molecule has 0 spiro atoms. The van der Waals surface area contributed by atoms with Crippen molar-refractivity contribution >= 4 is 28.8 Å². The molecular weight excluding hydrogens is 438 g/mol. The summed E-state index contributed by atoms with van der Waals surface area (Å²) in [7, 11) is 0. The number of hydrogen-bond acceptors (Lipinski definition) is 6. The summed E-state index contributed by atoms with van der Waals surface area (Å²) in [6.07, 6.45) is 1.64. The van der Waals surface area contributed by atoms with Crippen LogP contribution in [0.25, 0.3) is 10.6 Å². The number of hydrogen-bond donors (Lipinski definition) is 2. The van der Waals surface area contributed by atoms with E-state index in [1.165, 1.54) is 11.3 Å². The van der Waals surface area contributed by atoms with Crippen LogP contribution in [0.3, 0.4) is 0 Å². The first-order chi connectivity index (χ1) is 16.1. The van der Waals surface area contributed by atoms with Crippen LogP contribution in [-0.2, 0) is 17.8 Å². The molecule has 0 saturated heterocycles. The lowest BCUT2D eigenvalue weighted by molar-refractivity contribution is -0.115. The highest BCUT2D eigenvalue weighted by atomic mass is 32.1. The van der Waals surface area contributed by atoms with Crippen LogP contribution in [0.1, 0.15) is 28.7 Å². The molecule has 0 saturated carbocycles. The first-order valence-electron chi connectivity index (χ1n) is 10.5. The Morgan fingerprint density at radius 1 is 1.06 bits per heavy atom. The topological polar surface area (TPSA) is 93.5 Å². The number of carbonyl (C=O) groups excluding carboxylic acids is 2. The molecule has 0 aliphatic rings. The maximum absolute atomic E-state index is 12.7. The zero-order chi connectivity index (χ0) is 23.0. The van der Waals surface area contributed by atoms with E-state index in [2.05, 4.69) is 15.6 Å². The van der Waals surface area contributed by atoms with Gasteiger partial charge in [-0.05, 0) is 43.3 Å². The zero-order valence-electron chi connectivity index (χ0n) is 18.0. The standard InChI is InChI=1S/C25H23N3O4S/c1-2-31-22-12-6-4-10-20(22)25-27-17(16-33-25)14-23(29)28-21-11-5-3-9-19(21)24(30)26-15-18-8-7-13-32-18/h3-13,16H,2,14-15H2,1H3,(H,26,30)(H,28,29). The third-order valence-electron chi connectivity index (χ3n) is 4.76. The molecule has 0 aliphatic carbocycles. The van der Waals surface area contributed by atoms with Crippen LogP contribution in [0.2, 0.25) is 0 Å². The minimum Gasteiger partial charge on any atom is -0.493 e. The number of furan rings is 1. The van der Waals surface area contributed by atoms with E-state index in [0.29, 0.717) is 29.3 Å². The molecule has 2 aromatic heterocycles. The maximum atomic E-state index is 12.7. The second-order valence-electron chi connectivity index (χ2n) is 7.11. The predicted octanol–water partition coefficient (Wildman–Crippen LogP) is 4.91. The molecule has 4 rings (SSSR count). The van der Waals surface area contributed by atoms with Crippen LogP contribution >= 0.6 is 11.3 Å². The highest BCUT2D eigenvalue weighted by molar-refractivity contribution is 7.13. The summed E-state index contributed by atoms with van der Waals surface area (Å²) in [6.45, 7) is 2.76. The van der Waals surface area contributed by atoms with Gasteiger partial charge in [-0.1, -0.05) is 24.3 Å². The molecule has 2 N–H and O–H groups in total. The molecule has 168 valence electrons. The Balaban J connectivity index is 1.41. The number of nitrogens with one attached hydrogen (secondary N) is 2. The van der Waals surface area contributed by atoms with Crippen LogP contribution in [0, 0.1) is 0 Å². The van der Waals surface area contributed by atoms with Gasteiger partial charge in [0.15, 0.2) is 0 Å². The molecule has 8 heteroatoms. The van der Waals surface area contributed by atoms with E-state index >= 15 is 0 Å². The minimum atomic E-state index is -0.300. The van der Waals surface area contributed by atoms with Gasteiger partial charge < -0.3 is 19.8 Å². The number of thiazole rings is 1. The normalized spacial score (nSPS) is 10.6. The minimum absolute atomic E-state index is 0.0929. The lowest BCUT2D eigenvalue weighted by Gasteiger charge is -2.10. The SMILES string of the molecule is CCOc1ccccc1-c1nc(CC(=O)Nc2ccccc2C(=O)NCc2ccco2)cs1. The lowest BCUT2D eigenvalue weighted by atomic mass is 10.1. The molecule has 0 bridgehead atoms. The van der Waals surface area contributed by atoms with E-state index in [1.54, 1.807) is 42.7 Å². The maximum Gasteiger partial charge on any atom is 0.253 e. The number of benzene rings is 2. The van der Waals surface area contributed by atoms with E-state index < -0.39 is 0 Å². The average Bonchev–Trinajstić information content (AvgIpc) is 3.51. The molecule has 2 heterocycles. The molecule has 0 atom stereocenters. The number of para-hydroxylation sites is 2. The molecule has 0 radical (unpaired) electrons. The Morgan fingerprint density at radius 2 is 1.88 bits per heavy atom. The van der Waals surface area contributed by atoms with Crippen molar-refractivity contribution in [3.05, 3.63) is 89.3 Å². The van der Waals surface area contributed by atoms with Crippen molar-refractivity contribution in [2.75, 3.05) is 11.9 Å². The van der Waals surface area contributed by atoms with Gasteiger partial charge in [-0.25, -0.2) is 4.98 Å². The summed E-state index contributed by atoms with van der Waals surface area (Å²) in [5, 5.41) is 8.28. The monoisotopic (exact) mass is 461 g/mol. The number of nitrogens with zero attached hydrogens (tertiary/aromatic N) is 1. The largest absolute Gasteiger partial charge is 0.493 e. The Morgan fingerprint density at radius 3 is 2.70 bits per heavy atom. The summed E-state index contributed by atoms with van der Waals surface area (Å²) >= 11 is 1.46. The van der Waals surface area contributed by atoms with Gasteiger partial charge in [0.2, 0.25) is 5.91 Å². The van der Waals surface area contributed by atoms with Crippen LogP contribution in [0.5, 0.6) is 5.75 Å². The van der Waals surface area contributed by atoms with Crippen molar-refractivity contribution in [1.82, 2.24) is 10.3 Å². The van der Waals surface area contributed by atoms with E-state index in [0.717, 1.165) is 16.3 Å². The third kappa shape index (κ3) is 5.67. The van der Waals surface area contributed by atoms with Crippen molar-refractivity contribution in [3.63, 3.8) is 0 Å². The van der Waals surface area contributed by atoms with Gasteiger partial charge in [-0.3, -0.25) is 9.59 Å². The van der Waals surface area contributed by atoms with Crippen molar-refractivity contribution in [2.45, 2.75) is 19.9 Å². The fourth-order valence-corrected chi connectivity index (χ4v) is 4.11. The van der Waals surface area contributed by atoms with Gasteiger partial charge in [0, 0.05) is 5.38 Å². The molecule has 2 aromatic carbocycles. The number of aromatic nitrogens is 1. The van der Waals surface area contributed by atoms with Gasteiger partial charge in [-0.2, -0.15) is 0 Å². The van der Waals surface area contributed by atoms with E-state index in [1.807, 2.05) is 36.6 Å². The van der Waals surface area contributed by atoms with Crippen molar-refractivity contribution in [1.29, 1.82) is 0 Å². The van der Waals surface area contributed by atoms with Gasteiger partial charge in [0.05, 0.1) is 48.3 Å². The number of ether oxygens (including phenoxy) is 1. The quantitative estimate of drug-likeness (QED) is 0.369. The highest BCUT2D eigenvalue weighted by Crippen LogP contribution is 2.32. The Kier molecular flexibility index (Phi) is 7.16. The smallest absolute Gasteiger partial charge is 0.253 e. The number of amides is 2. The summed E-state index contributed by atoms with van der Waals surface area (Å²) in [5.41, 5.74) is 2.37. The number of anilines is 1. The van der Waals surface area contributed by atoms with Crippen molar-refractivity contribution in [3.8, 4) is 16.3 Å². The molecule has 4 aromatic rings. The summed E-state index contributed by atoms with van der Waals surface area (Å²) in [4.78, 5) is 29.9. The third-order valence-corrected chi connectivity index (χ3v) is 5.68. The van der Waals surface area contributed by atoms with Crippen LogP contribution in [-0.4, -0.2) is 23.4 Å². The van der Waals surface area contributed by atoms with Crippen molar-refractivity contribution in [2.24, 2.45) is 0 Å². The first-order valence-corrected chi connectivity index (χ1v) is 11.4. The molecule has 0 unspecified atom stereocenters. The molecule has 0 fully saturated rings. The molecular formula is C25H23N3O4S. The average molecular weight is 462 g/mol. The molecule has 33 heavy (non-hydrogen) atoms. The fourth-order valence-electron chi connectivity index (χ4n) is 3.26. The first kappa shape index (κ1) is 22.3. The fraction of sp³-hybridized carbons (Fsp3) is 0.160. The second-order valence-corrected chi connectivity index (χ2v) is 7.96. The van der Waals surface area contributed by atoms with E-state index in [9.17, 15) is 9.59 Å². The zero-order valence-corrected chi connectivity index (χ0v) is 18.9. The Hall–Kier alpha value is -3.91. The lowest BCUT2D eigenvalue weighted by Crippen LogP contribution is -2.25. The van der Waals surface area contributed by atoms with E-state index in [-0.39, 0.29) is 24.8 Å². The van der Waals surface area contributed by atoms with Crippen LogP contribution in [0.15, 0.2) is 76.7 Å². The Labute approximate surface area is 195 Å². The van der Waals surface area contributed by atoms with Gasteiger partial charge >= 0.3 is 0 Å². The highest BCUT2D eigenvalue weighted by Gasteiger charge is 2.16.